The van der Waals surface area contributed by atoms with E-state index in [4.69, 9.17) is 5.73 Å². The molecule has 2 heterocycles. The van der Waals surface area contributed by atoms with Crippen molar-refractivity contribution in [3.8, 4) is 0 Å². The van der Waals surface area contributed by atoms with Gasteiger partial charge in [0.2, 0.25) is 5.91 Å². The van der Waals surface area contributed by atoms with Crippen LogP contribution < -0.4 is 5.73 Å². The number of carbonyl (C=O) groups is 1. The highest BCUT2D eigenvalue weighted by Crippen LogP contribution is 2.20. The van der Waals surface area contributed by atoms with Crippen LogP contribution in [0, 0.1) is 5.92 Å². The molecule has 0 spiro atoms. The van der Waals surface area contributed by atoms with Crippen LogP contribution in [0.4, 0.5) is 0 Å². The molecule has 2 rings (SSSR count). The second-order valence-corrected chi connectivity index (χ2v) is 6.54. The van der Waals surface area contributed by atoms with Crippen molar-refractivity contribution >= 4 is 29.7 Å². The molecule has 1 fully saturated rings. The van der Waals surface area contributed by atoms with Crippen molar-refractivity contribution in [1.29, 1.82) is 0 Å². The molecule has 3 nitrogen and oxygen atoms in total. The summed E-state index contributed by atoms with van der Waals surface area (Å²) in [6.45, 7) is 3.86. The highest BCUT2D eigenvalue weighted by Gasteiger charge is 2.24. The summed E-state index contributed by atoms with van der Waals surface area (Å²) in [7, 11) is 0. The molecule has 2 N–H and O–H groups in total. The molecule has 5 heteroatoms. The highest BCUT2D eigenvalue weighted by atomic mass is 35.5. The fourth-order valence-corrected chi connectivity index (χ4v) is 3.45. The second kappa shape index (κ2) is 8.65. The molecule has 0 aromatic carbocycles. The standard InChI is InChI=1S/C15H24N2OS.ClH/c1-12(16)13-7-9-17(10-8-13)15(18)6-2-4-14-5-3-11-19-14;/h3,5,11-13H,2,4,6-10,16H2,1H3;1H. The first-order valence-electron chi connectivity index (χ1n) is 7.22. The Morgan fingerprint density at radius 1 is 1.50 bits per heavy atom. The second-order valence-electron chi connectivity index (χ2n) is 5.51. The third kappa shape index (κ3) is 5.08. The van der Waals surface area contributed by atoms with Gasteiger partial charge in [0, 0.05) is 30.4 Å². The Kier molecular flexibility index (Phi) is 7.56. The van der Waals surface area contributed by atoms with Crippen molar-refractivity contribution in [2.45, 2.75) is 45.1 Å². The molecule has 0 bridgehead atoms. The van der Waals surface area contributed by atoms with Gasteiger partial charge in [0.1, 0.15) is 0 Å². The van der Waals surface area contributed by atoms with Crippen LogP contribution in [0.25, 0.3) is 0 Å². The highest BCUT2D eigenvalue weighted by molar-refractivity contribution is 7.09. The Labute approximate surface area is 131 Å². The molecule has 1 aliphatic rings. The third-order valence-electron chi connectivity index (χ3n) is 4.03. The van der Waals surface area contributed by atoms with Crippen LogP contribution >= 0.6 is 23.7 Å². The molecule has 20 heavy (non-hydrogen) atoms. The molecular formula is C15H25ClN2OS. The molecule has 0 radical (unpaired) electrons. The van der Waals surface area contributed by atoms with E-state index in [1.54, 1.807) is 11.3 Å². The first-order valence-corrected chi connectivity index (χ1v) is 8.10. The van der Waals surface area contributed by atoms with E-state index in [1.165, 1.54) is 4.88 Å². The summed E-state index contributed by atoms with van der Waals surface area (Å²) in [4.78, 5) is 15.5. The van der Waals surface area contributed by atoms with E-state index in [1.807, 2.05) is 4.90 Å². The number of nitrogens with zero attached hydrogens (tertiary/aromatic N) is 1. The van der Waals surface area contributed by atoms with E-state index in [2.05, 4.69) is 24.4 Å². The zero-order chi connectivity index (χ0) is 13.7. The van der Waals surface area contributed by atoms with E-state index < -0.39 is 0 Å². The maximum Gasteiger partial charge on any atom is 0.222 e. The molecule has 1 saturated heterocycles. The summed E-state index contributed by atoms with van der Waals surface area (Å²) in [6, 6.07) is 4.47. The van der Waals surface area contributed by atoms with Gasteiger partial charge in [-0.2, -0.15) is 0 Å². The minimum Gasteiger partial charge on any atom is -0.343 e. The van der Waals surface area contributed by atoms with Crippen LogP contribution in [0.3, 0.4) is 0 Å². The van der Waals surface area contributed by atoms with Crippen LogP contribution in [-0.4, -0.2) is 29.9 Å². The lowest BCUT2D eigenvalue weighted by Crippen LogP contribution is -2.42. The van der Waals surface area contributed by atoms with Gasteiger partial charge in [0.15, 0.2) is 0 Å². The fraction of sp³-hybridized carbons (Fsp3) is 0.667. The zero-order valence-corrected chi connectivity index (χ0v) is 13.7. The molecule has 1 amide bonds. The molecule has 1 unspecified atom stereocenters. The Morgan fingerprint density at radius 3 is 2.75 bits per heavy atom. The lowest BCUT2D eigenvalue weighted by Gasteiger charge is -2.33. The maximum absolute atomic E-state index is 12.1. The number of aryl methyl sites for hydroxylation is 1. The maximum atomic E-state index is 12.1. The molecular weight excluding hydrogens is 292 g/mol. The van der Waals surface area contributed by atoms with E-state index in [0.29, 0.717) is 18.2 Å². The van der Waals surface area contributed by atoms with Gasteiger partial charge in [0.05, 0.1) is 0 Å². The third-order valence-corrected chi connectivity index (χ3v) is 4.97. The summed E-state index contributed by atoms with van der Waals surface area (Å²) >= 11 is 1.77. The van der Waals surface area contributed by atoms with Crippen molar-refractivity contribution in [2.24, 2.45) is 11.7 Å². The van der Waals surface area contributed by atoms with Crippen LogP contribution in [0.1, 0.15) is 37.5 Å². The van der Waals surface area contributed by atoms with Gasteiger partial charge >= 0.3 is 0 Å². The number of rotatable bonds is 5. The minimum absolute atomic E-state index is 0. The monoisotopic (exact) mass is 316 g/mol. The number of amides is 1. The van der Waals surface area contributed by atoms with Gasteiger partial charge in [-0.05, 0) is 50.0 Å². The number of piperidine rings is 1. The number of likely N-dealkylation sites (tertiary alicyclic amines) is 1. The lowest BCUT2D eigenvalue weighted by atomic mass is 9.91. The van der Waals surface area contributed by atoms with Gasteiger partial charge < -0.3 is 10.6 Å². The van der Waals surface area contributed by atoms with Crippen LogP contribution in [-0.2, 0) is 11.2 Å². The number of nitrogens with two attached hydrogens (primary N) is 1. The Hall–Kier alpha value is -0.580. The van der Waals surface area contributed by atoms with Crippen molar-refractivity contribution in [3.63, 3.8) is 0 Å². The molecule has 1 atom stereocenters. The first-order chi connectivity index (χ1) is 9.16. The fourth-order valence-electron chi connectivity index (χ4n) is 2.70. The van der Waals surface area contributed by atoms with Gasteiger partial charge in [-0.25, -0.2) is 0 Å². The minimum atomic E-state index is 0. The SMILES string of the molecule is CC(N)C1CCN(C(=O)CCCc2cccs2)CC1.Cl. The van der Waals surface area contributed by atoms with Crippen molar-refractivity contribution in [2.75, 3.05) is 13.1 Å². The van der Waals surface area contributed by atoms with Crippen LogP contribution in [0.15, 0.2) is 17.5 Å². The van der Waals surface area contributed by atoms with Gasteiger partial charge in [-0.15, -0.1) is 23.7 Å². The number of carbonyl (C=O) groups excluding carboxylic acids is 1. The van der Waals surface area contributed by atoms with Crippen molar-refractivity contribution in [1.82, 2.24) is 4.90 Å². The Bertz CT molecular complexity index is 387. The van der Waals surface area contributed by atoms with Gasteiger partial charge in [0.25, 0.3) is 0 Å². The molecule has 1 aromatic heterocycles. The predicted octanol–water partition coefficient (Wildman–Crippen LogP) is 3.08. The molecule has 1 aliphatic heterocycles. The topological polar surface area (TPSA) is 46.3 Å². The van der Waals surface area contributed by atoms with Crippen LogP contribution in [0.2, 0.25) is 0 Å². The van der Waals surface area contributed by atoms with Gasteiger partial charge in [-0.1, -0.05) is 6.07 Å². The molecule has 0 aliphatic carbocycles. The van der Waals surface area contributed by atoms with Crippen molar-refractivity contribution in [3.05, 3.63) is 22.4 Å². The summed E-state index contributed by atoms with van der Waals surface area (Å²) in [5, 5.41) is 2.09. The summed E-state index contributed by atoms with van der Waals surface area (Å²) in [6.07, 6.45) is 4.80. The number of hydrogen-bond donors (Lipinski definition) is 1. The predicted molar refractivity (Wildman–Crippen MR) is 87.5 cm³/mol. The van der Waals surface area contributed by atoms with E-state index >= 15 is 0 Å². The average Bonchev–Trinajstić information content (AvgIpc) is 2.92. The van der Waals surface area contributed by atoms with Gasteiger partial charge in [-0.3, -0.25) is 4.79 Å². The normalized spacial score (nSPS) is 17.6. The van der Waals surface area contributed by atoms with E-state index in [-0.39, 0.29) is 18.4 Å². The molecule has 0 saturated carbocycles. The summed E-state index contributed by atoms with van der Waals surface area (Å²) in [5.41, 5.74) is 5.92. The van der Waals surface area contributed by atoms with E-state index in [0.717, 1.165) is 38.8 Å². The Balaban J connectivity index is 0.00000200. The Morgan fingerprint density at radius 2 is 2.20 bits per heavy atom. The van der Waals surface area contributed by atoms with Crippen LogP contribution in [0.5, 0.6) is 0 Å². The largest absolute Gasteiger partial charge is 0.343 e. The number of hydrogen-bond acceptors (Lipinski definition) is 3. The summed E-state index contributed by atoms with van der Waals surface area (Å²) < 4.78 is 0. The first kappa shape index (κ1) is 17.5. The average molecular weight is 317 g/mol. The molecule has 114 valence electrons. The smallest absolute Gasteiger partial charge is 0.222 e. The summed E-state index contributed by atoms with van der Waals surface area (Å²) in [5.74, 6) is 0.912. The quantitative estimate of drug-likeness (QED) is 0.907. The zero-order valence-electron chi connectivity index (χ0n) is 12.1. The molecule has 1 aromatic rings. The van der Waals surface area contributed by atoms with Crippen molar-refractivity contribution < 1.29 is 4.79 Å². The van der Waals surface area contributed by atoms with E-state index in [9.17, 15) is 4.79 Å². The number of thiophene rings is 1. The number of halogens is 1. The lowest BCUT2D eigenvalue weighted by molar-refractivity contribution is -0.132.